The van der Waals surface area contributed by atoms with Gasteiger partial charge in [0.05, 0.1) is 11.6 Å². The van der Waals surface area contributed by atoms with E-state index in [0.717, 1.165) is 65.8 Å². The van der Waals surface area contributed by atoms with Gasteiger partial charge in [-0.3, -0.25) is 9.69 Å². The van der Waals surface area contributed by atoms with Crippen molar-refractivity contribution in [2.45, 2.75) is 71.0 Å². The Bertz CT molecular complexity index is 1430. The van der Waals surface area contributed by atoms with Crippen molar-refractivity contribution in [1.82, 2.24) is 30.1 Å². The number of nitrogens with one attached hydrogen (secondary N) is 1. The monoisotopic (exact) mass is 468 g/mol. The van der Waals surface area contributed by atoms with Gasteiger partial charge in [-0.05, 0) is 71.9 Å². The number of aryl methyl sites for hydroxylation is 2. The van der Waals surface area contributed by atoms with Gasteiger partial charge in [-0.1, -0.05) is 55.7 Å². The maximum Gasteiger partial charge on any atom is 0.253 e. The molecule has 0 saturated heterocycles. The van der Waals surface area contributed by atoms with Crippen LogP contribution in [-0.2, 0) is 13.0 Å². The van der Waals surface area contributed by atoms with Gasteiger partial charge in [0.1, 0.15) is 6.04 Å². The van der Waals surface area contributed by atoms with E-state index in [2.05, 4.69) is 74.8 Å². The molecule has 1 aliphatic heterocycles. The molecule has 1 saturated carbocycles. The number of aromatic nitrogens is 5. The van der Waals surface area contributed by atoms with Crippen LogP contribution in [-0.4, -0.2) is 36.6 Å². The van der Waals surface area contributed by atoms with E-state index in [0.29, 0.717) is 0 Å². The summed E-state index contributed by atoms with van der Waals surface area (Å²) in [5.74, 6) is 0.784. The average molecular weight is 469 g/mol. The van der Waals surface area contributed by atoms with Crippen LogP contribution in [0.3, 0.4) is 0 Å². The maximum absolute atomic E-state index is 13.6. The van der Waals surface area contributed by atoms with E-state index in [-0.39, 0.29) is 17.6 Å². The molecule has 7 heteroatoms. The zero-order valence-corrected chi connectivity index (χ0v) is 20.5. The Morgan fingerprint density at radius 1 is 1.00 bits per heavy atom. The summed E-state index contributed by atoms with van der Waals surface area (Å²) in [7, 11) is 0. The van der Waals surface area contributed by atoms with E-state index in [4.69, 9.17) is 0 Å². The first-order valence-electron chi connectivity index (χ1n) is 12.8. The number of pyridine rings is 1. The van der Waals surface area contributed by atoms with Gasteiger partial charge in [-0.15, -0.1) is 5.10 Å². The third-order valence-corrected chi connectivity index (χ3v) is 7.98. The maximum atomic E-state index is 13.6. The molecule has 0 amide bonds. The molecule has 1 atom stereocenters. The molecule has 35 heavy (non-hydrogen) atoms. The minimum absolute atomic E-state index is 0.0618. The Balaban J connectivity index is 1.52. The molecule has 180 valence electrons. The quantitative estimate of drug-likeness (QED) is 0.466. The number of aromatic amines is 1. The molecular formula is C28H32N6O. The molecule has 7 nitrogen and oxygen atoms in total. The van der Waals surface area contributed by atoms with Crippen LogP contribution in [0.4, 0.5) is 0 Å². The lowest BCUT2D eigenvalue weighted by molar-refractivity contribution is 0.187. The molecule has 0 unspecified atom stereocenters. The highest BCUT2D eigenvalue weighted by Gasteiger charge is 2.34. The van der Waals surface area contributed by atoms with Crippen molar-refractivity contribution >= 4 is 10.9 Å². The van der Waals surface area contributed by atoms with E-state index in [1.54, 1.807) is 0 Å². The van der Waals surface area contributed by atoms with Gasteiger partial charge in [-0.2, -0.15) is 0 Å². The van der Waals surface area contributed by atoms with Gasteiger partial charge in [0.2, 0.25) is 0 Å². The van der Waals surface area contributed by atoms with E-state index in [1.807, 2.05) is 11.6 Å². The molecular weight excluding hydrogens is 436 g/mol. The summed E-state index contributed by atoms with van der Waals surface area (Å²) in [6.07, 6.45) is 6.77. The van der Waals surface area contributed by atoms with Crippen LogP contribution in [0.5, 0.6) is 0 Å². The van der Waals surface area contributed by atoms with Crippen molar-refractivity contribution in [3.63, 3.8) is 0 Å². The second kappa shape index (κ2) is 9.04. The van der Waals surface area contributed by atoms with Crippen LogP contribution in [0.25, 0.3) is 10.9 Å². The summed E-state index contributed by atoms with van der Waals surface area (Å²) in [6, 6.07) is 14.9. The first-order valence-corrected chi connectivity index (χ1v) is 12.8. The summed E-state index contributed by atoms with van der Waals surface area (Å²) in [4.78, 5) is 19.2. The van der Waals surface area contributed by atoms with Gasteiger partial charge in [0.25, 0.3) is 5.56 Å². The molecule has 2 aromatic carbocycles. The lowest BCUT2D eigenvalue weighted by Crippen LogP contribution is -2.39. The average Bonchev–Trinajstić information content (AvgIpc) is 3.37. The minimum atomic E-state index is -0.312. The minimum Gasteiger partial charge on any atom is -0.321 e. The Morgan fingerprint density at radius 3 is 2.60 bits per heavy atom. The first-order chi connectivity index (χ1) is 17.1. The summed E-state index contributed by atoms with van der Waals surface area (Å²) >= 11 is 0. The lowest BCUT2D eigenvalue weighted by Gasteiger charge is -2.35. The second-order valence-electron chi connectivity index (χ2n) is 10.2. The van der Waals surface area contributed by atoms with E-state index >= 15 is 0 Å². The van der Waals surface area contributed by atoms with Crippen LogP contribution < -0.4 is 5.56 Å². The zero-order chi connectivity index (χ0) is 23.9. The number of fused-ring (bicyclic) bond motifs is 2. The molecule has 0 bridgehead atoms. The van der Waals surface area contributed by atoms with Crippen LogP contribution in [0, 0.1) is 13.8 Å². The smallest absolute Gasteiger partial charge is 0.253 e. The molecule has 0 spiro atoms. The zero-order valence-electron chi connectivity index (χ0n) is 20.5. The van der Waals surface area contributed by atoms with Gasteiger partial charge in [-0.25, -0.2) is 4.68 Å². The fraction of sp³-hybridized carbons (Fsp3) is 0.429. The summed E-state index contributed by atoms with van der Waals surface area (Å²) in [5.41, 5.74) is 6.49. The normalized spacial score (nSPS) is 18.0. The highest BCUT2D eigenvalue weighted by Crippen LogP contribution is 2.35. The molecule has 2 aromatic heterocycles. The van der Waals surface area contributed by atoms with E-state index in [9.17, 15) is 4.79 Å². The van der Waals surface area contributed by atoms with Crippen molar-refractivity contribution in [3.05, 3.63) is 86.5 Å². The molecule has 1 N–H and O–H groups in total. The van der Waals surface area contributed by atoms with Gasteiger partial charge >= 0.3 is 0 Å². The molecule has 1 fully saturated rings. The van der Waals surface area contributed by atoms with Crippen molar-refractivity contribution < 1.29 is 0 Å². The van der Waals surface area contributed by atoms with Crippen LogP contribution in [0.15, 0.2) is 47.3 Å². The third-order valence-electron chi connectivity index (χ3n) is 7.98. The lowest BCUT2D eigenvalue weighted by atomic mass is 9.93. The first kappa shape index (κ1) is 22.2. The summed E-state index contributed by atoms with van der Waals surface area (Å²) < 4.78 is 2.02. The van der Waals surface area contributed by atoms with Crippen molar-refractivity contribution in [3.8, 4) is 0 Å². The van der Waals surface area contributed by atoms with Crippen molar-refractivity contribution in [1.29, 1.82) is 0 Å². The largest absolute Gasteiger partial charge is 0.321 e. The number of hydrogen-bond donors (Lipinski definition) is 1. The highest BCUT2D eigenvalue weighted by atomic mass is 16.1. The predicted octanol–water partition coefficient (Wildman–Crippen LogP) is 4.78. The Labute approximate surface area is 205 Å². The fourth-order valence-electron chi connectivity index (χ4n) is 6.00. The number of H-pyrrole nitrogens is 1. The van der Waals surface area contributed by atoms with Crippen LogP contribution in [0.2, 0.25) is 0 Å². The molecule has 4 aromatic rings. The third kappa shape index (κ3) is 3.97. The number of tetrazole rings is 1. The van der Waals surface area contributed by atoms with Gasteiger partial charge < -0.3 is 4.98 Å². The number of nitrogens with zero attached hydrogens (tertiary/aromatic N) is 5. The van der Waals surface area contributed by atoms with Gasteiger partial charge in [0.15, 0.2) is 5.82 Å². The molecule has 2 aliphatic rings. The van der Waals surface area contributed by atoms with Crippen molar-refractivity contribution in [2.24, 2.45) is 0 Å². The molecule has 6 rings (SSSR count). The highest BCUT2D eigenvalue weighted by molar-refractivity contribution is 5.85. The number of benzene rings is 2. The summed E-state index contributed by atoms with van der Waals surface area (Å²) in [6.45, 7) is 5.76. The Kier molecular flexibility index (Phi) is 5.72. The van der Waals surface area contributed by atoms with E-state index < -0.39 is 0 Å². The Hall–Kier alpha value is -3.32. The number of rotatable bonds is 4. The topological polar surface area (TPSA) is 79.7 Å². The predicted molar refractivity (Wildman–Crippen MR) is 136 cm³/mol. The summed E-state index contributed by atoms with van der Waals surface area (Å²) in [5, 5.41) is 14.2. The van der Waals surface area contributed by atoms with Crippen LogP contribution >= 0.6 is 0 Å². The Morgan fingerprint density at radius 2 is 1.77 bits per heavy atom. The number of hydrogen-bond acceptors (Lipinski definition) is 5. The van der Waals surface area contributed by atoms with E-state index in [1.165, 1.54) is 30.4 Å². The standard InChI is InChI=1S/C28H32N6O/c1-18-12-13-19(2)25-23(18)16-24(28(35)29-25)26(33-15-14-20-8-6-7-9-21(20)17-33)27-30-31-32-34(27)22-10-4-3-5-11-22/h6-9,12-13,16,22,26H,3-5,10-11,14-15,17H2,1-2H3,(H,29,35)/t26-/m0/s1. The SMILES string of the molecule is Cc1ccc(C)c2[nH]c(=O)c([C@@H](c3nnnn3C3CCCCC3)N3CCc4ccccc4C3)cc12. The second-order valence-corrected chi connectivity index (χ2v) is 10.2. The fourth-order valence-corrected chi connectivity index (χ4v) is 6.00. The van der Waals surface area contributed by atoms with Gasteiger partial charge in [0, 0.05) is 24.0 Å². The molecule has 3 heterocycles. The molecule has 1 aliphatic carbocycles. The molecule has 0 radical (unpaired) electrons. The van der Waals surface area contributed by atoms with Crippen LogP contribution in [0.1, 0.15) is 77.8 Å². The van der Waals surface area contributed by atoms with Crippen molar-refractivity contribution in [2.75, 3.05) is 6.54 Å².